The lowest BCUT2D eigenvalue weighted by Gasteiger charge is -2.27. The second kappa shape index (κ2) is 7.44. The molecule has 0 fully saturated rings. The number of nitrogens with one attached hydrogen (secondary N) is 1. The maximum atomic E-state index is 13.1. The number of benzene rings is 1. The molecule has 2 aromatic heterocycles. The van der Waals surface area contributed by atoms with E-state index in [0.29, 0.717) is 37.0 Å². The van der Waals surface area contributed by atoms with Gasteiger partial charge in [-0.15, -0.1) is 11.3 Å². The molecule has 1 aromatic carbocycles. The Balaban J connectivity index is 1.62. The lowest BCUT2D eigenvalue weighted by Crippen LogP contribution is -3.06. The largest absolute Gasteiger partial charge is 0.338 e. The average molecular weight is 401 g/mol. The van der Waals surface area contributed by atoms with Crippen molar-refractivity contribution in [2.24, 2.45) is 0 Å². The molecule has 1 N–H and O–H groups in total. The third-order valence-corrected chi connectivity index (χ3v) is 6.18. The van der Waals surface area contributed by atoms with Crippen LogP contribution in [0, 0.1) is 5.82 Å². The first-order valence-electron chi connectivity index (χ1n) is 9.27. The van der Waals surface area contributed by atoms with E-state index >= 15 is 0 Å². The fourth-order valence-corrected chi connectivity index (χ4v) is 4.66. The minimum atomic E-state index is -0.361. The highest BCUT2D eigenvalue weighted by atomic mass is 32.1. The summed E-state index contributed by atoms with van der Waals surface area (Å²) in [5.74, 6) is -0.484. The number of nitrogens with zero attached hydrogens (tertiary/aromatic N) is 3. The molecular weight excluding hydrogens is 379 g/mol. The van der Waals surface area contributed by atoms with Crippen LogP contribution in [-0.2, 0) is 19.5 Å². The topological polar surface area (TPSA) is 59.6 Å². The maximum absolute atomic E-state index is 13.1. The molecule has 0 bridgehead atoms. The Kier molecular flexibility index (Phi) is 4.99. The second-order valence-corrected chi connectivity index (χ2v) is 8.45. The summed E-state index contributed by atoms with van der Waals surface area (Å²) in [6.07, 6.45) is 2.25. The minimum Gasteiger partial charge on any atom is -0.338 e. The van der Waals surface area contributed by atoms with Crippen molar-refractivity contribution in [1.29, 1.82) is 0 Å². The monoisotopic (exact) mass is 401 g/mol. The van der Waals surface area contributed by atoms with Crippen LogP contribution in [0.5, 0.6) is 0 Å². The van der Waals surface area contributed by atoms with Gasteiger partial charge in [-0.1, -0.05) is 0 Å². The summed E-state index contributed by atoms with van der Waals surface area (Å²) in [4.78, 5) is 34.9. The molecule has 1 amide bonds. The Labute approximate surface area is 165 Å². The van der Waals surface area contributed by atoms with Crippen LogP contribution in [0.2, 0.25) is 0 Å². The molecule has 1 aliphatic rings. The van der Waals surface area contributed by atoms with E-state index in [4.69, 9.17) is 0 Å². The van der Waals surface area contributed by atoms with Crippen molar-refractivity contribution < 1.29 is 14.1 Å². The summed E-state index contributed by atoms with van der Waals surface area (Å²) in [7, 11) is 4.10. The van der Waals surface area contributed by atoms with E-state index in [1.54, 1.807) is 15.8 Å². The Morgan fingerprint density at radius 1 is 1.29 bits per heavy atom. The first kappa shape index (κ1) is 18.8. The molecule has 146 valence electrons. The van der Waals surface area contributed by atoms with Crippen molar-refractivity contribution in [3.63, 3.8) is 0 Å². The second-order valence-electron chi connectivity index (χ2n) is 7.37. The molecule has 0 aliphatic carbocycles. The molecule has 0 saturated heterocycles. The molecule has 8 heteroatoms. The SMILES string of the molecule is C[NH+](C)CCn1cnc2sc3c(c2c1=O)CCN(C(=O)c1ccc(F)cc1)C3. The van der Waals surface area contributed by atoms with Crippen LogP contribution in [0.3, 0.4) is 0 Å². The van der Waals surface area contributed by atoms with Crippen molar-refractivity contribution in [3.05, 3.63) is 62.8 Å². The zero-order valence-corrected chi connectivity index (χ0v) is 16.7. The van der Waals surface area contributed by atoms with Crippen molar-refractivity contribution >= 4 is 27.5 Å². The van der Waals surface area contributed by atoms with Crippen LogP contribution < -0.4 is 10.5 Å². The van der Waals surface area contributed by atoms with E-state index in [2.05, 4.69) is 19.1 Å². The first-order chi connectivity index (χ1) is 13.4. The fraction of sp³-hybridized carbons (Fsp3) is 0.350. The molecule has 0 unspecified atom stereocenters. The molecule has 6 nitrogen and oxygen atoms in total. The van der Waals surface area contributed by atoms with Crippen LogP contribution in [0.25, 0.3) is 10.2 Å². The van der Waals surface area contributed by atoms with Gasteiger partial charge in [-0.25, -0.2) is 9.37 Å². The number of thiophene rings is 1. The van der Waals surface area contributed by atoms with Gasteiger partial charge in [-0.3, -0.25) is 14.2 Å². The molecule has 4 rings (SSSR count). The number of carbonyl (C=O) groups excluding carboxylic acids is 1. The van der Waals surface area contributed by atoms with E-state index in [-0.39, 0.29) is 17.3 Å². The highest BCUT2D eigenvalue weighted by Crippen LogP contribution is 2.32. The van der Waals surface area contributed by atoms with Gasteiger partial charge in [0, 0.05) is 17.0 Å². The van der Waals surface area contributed by atoms with Crippen LogP contribution in [-0.4, -0.2) is 47.5 Å². The summed E-state index contributed by atoms with van der Waals surface area (Å²) in [6.45, 7) is 2.46. The molecule has 1 aliphatic heterocycles. The van der Waals surface area contributed by atoms with Gasteiger partial charge in [0.05, 0.1) is 45.4 Å². The number of fused-ring (bicyclic) bond motifs is 3. The number of amides is 1. The zero-order chi connectivity index (χ0) is 19.8. The number of aromatic nitrogens is 2. The van der Waals surface area contributed by atoms with Crippen LogP contribution >= 0.6 is 11.3 Å². The molecule has 3 heterocycles. The third kappa shape index (κ3) is 3.45. The Hall–Kier alpha value is -2.58. The van der Waals surface area contributed by atoms with Gasteiger partial charge in [-0.2, -0.15) is 0 Å². The van der Waals surface area contributed by atoms with Crippen molar-refractivity contribution in [2.45, 2.75) is 19.5 Å². The summed E-state index contributed by atoms with van der Waals surface area (Å²) in [5.41, 5.74) is 1.49. The number of hydrogen-bond acceptors (Lipinski definition) is 4. The summed E-state index contributed by atoms with van der Waals surface area (Å²) in [6, 6.07) is 5.60. The molecule has 0 radical (unpaired) electrons. The van der Waals surface area contributed by atoms with Gasteiger partial charge in [-0.05, 0) is 36.2 Å². The van der Waals surface area contributed by atoms with Crippen LogP contribution in [0.1, 0.15) is 20.8 Å². The van der Waals surface area contributed by atoms with Gasteiger partial charge in [0.25, 0.3) is 11.5 Å². The summed E-state index contributed by atoms with van der Waals surface area (Å²) in [5, 5.41) is 0.699. The van der Waals surface area contributed by atoms with E-state index in [9.17, 15) is 14.0 Å². The van der Waals surface area contributed by atoms with Gasteiger partial charge in [0.2, 0.25) is 0 Å². The number of rotatable bonds is 4. The Morgan fingerprint density at radius 2 is 2.04 bits per heavy atom. The van der Waals surface area contributed by atoms with Gasteiger partial charge in [0.1, 0.15) is 10.6 Å². The van der Waals surface area contributed by atoms with Gasteiger partial charge >= 0.3 is 0 Å². The smallest absolute Gasteiger partial charge is 0.262 e. The standard InChI is InChI=1S/C20H21FN4O2S/c1-23(2)9-10-25-12-22-18-17(20(25)27)15-7-8-24(11-16(15)28-18)19(26)13-3-5-14(21)6-4-13/h3-6,12H,7-11H2,1-2H3/p+1. The molecule has 0 atom stereocenters. The molecular formula is C20H22FN4O2S+. The highest BCUT2D eigenvalue weighted by molar-refractivity contribution is 7.18. The maximum Gasteiger partial charge on any atom is 0.262 e. The van der Waals surface area contributed by atoms with Crippen LogP contribution in [0.15, 0.2) is 35.4 Å². The predicted molar refractivity (Wildman–Crippen MR) is 106 cm³/mol. The Bertz CT molecular complexity index is 1090. The first-order valence-corrected chi connectivity index (χ1v) is 10.1. The lowest BCUT2D eigenvalue weighted by molar-refractivity contribution is -0.858. The number of likely N-dealkylation sites (N-methyl/N-ethyl adjacent to an activating group) is 1. The van der Waals surface area contributed by atoms with Gasteiger partial charge in [0.15, 0.2) is 0 Å². The summed E-state index contributed by atoms with van der Waals surface area (Å²) < 4.78 is 14.8. The minimum absolute atomic E-state index is 0.00191. The molecule has 3 aromatic rings. The van der Waals surface area contributed by atoms with E-state index in [1.165, 1.54) is 40.5 Å². The van der Waals surface area contributed by atoms with Crippen molar-refractivity contribution in [3.8, 4) is 0 Å². The van der Waals surface area contributed by atoms with E-state index < -0.39 is 0 Å². The normalized spacial score (nSPS) is 13.9. The number of halogens is 1. The molecule has 0 spiro atoms. The third-order valence-electron chi connectivity index (χ3n) is 5.06. The van der Waals surface area contributed by atoms with E-state index in [1.807, 2.05) is 0 Å². The predicted octanol–water partition coefficient (Wildman–Crippen LogP) is 0.940. The Morgan fingerprint density at radius 3 is 2.75 bits per heavy atom. The molecule has 28 heavy (non-hydrogen) atoms. The number of quaternary nitrogens is 1. The zero-order valence-electron chi connectivity index (χ0n) is 15.9. The van der Waals surface area contributed by atoms with Gasteiger partial charge < -0.3 is 9.80 Å². The summed E-state index contributed by atoms with van der Waals surface area (Å²) >= 11 is 1.48. The average Bonchev–Trinajstić information content (AvgIpc) is 3.05. The number of hydrogen-bond donors (Lipinski definition) is 1. The quantitative estimate of drug-likeness (QED) is 0.708. The van der Waals surface area contributed by atoms with E-state index in [0.717, 1.165) is 21.8 Å². The number of carbonyl (C=O) groups is 1. The fourth-order valence-electron chi connectivity index (χ4n) is 3.47. The van der Waals surface area contributed by atoms with Crippen LogP contribution in [0.4, 0.5) is 4.39 Å². The lowest BCUT2D eigenvalue weighted by atomic mass is 10.0. The highest BCUT2D eigenvalue weighted by Gasteiger charge is 2.27. The van der Waals surface area contributed by atoms with Crippen molar-refractivity contribution in [1.82, 2.24) is 14.5 Å². The molecule has 0 saturated carbocycles. The van der Waals surface area contributed by atoms with Crippen molar-refractivity contribution in [2.75, 3.05) is 27.2 Å².